The number of ketones is 1. The number of hydrogen-bond acceptors (Lipinski definition) is 4. The van der Waals surface area contributed by atoms with E-state index in [4.69, 9.17) is 0 Å². The van der Waals surface area contributed by atoms with E-state index in [0.29, 0.717) is 17.8 Å². The van der Waals surface area contributed by atoms with Gasteiger partial charge in [0.2, 0.25) is 5.91 Å². The van der Waals surface area contributed by atoms with Crippen molar-refractivity contribution in [1.82, 2.24) is 9.88 Å². The van der Waals surface area contributed by atoms with Gasteiger partial charge in [-0.3, -0.25) is 14.6 Å². The van der Waals surface area contributed by atoms with E-state index in [9.17, 15) is 9.59 Å². The van der Waals surface area contributed by atoms with Crippen molar-refractivity contribution in [2.75, 3.05) is 26.0 Å². The third-order valence-electron chi connectivity index (χ3n) is 3.01. The summed E-state index contributed by atoms with van der Waals surface area (Å²) in [6.45, 7) is 0.313. The molecule has 0 radical (unpaired) electrons. The fourth-order valence-electron chi connectivity index (χ4n) is 1.94. The van der Waals surface area contributed by atoms with Crippen molar-refractivity contribution in [2.45, 2.75) is 0 Å². The van der Waals surface area contributed by atoms with E-state index in [2.05, 4.69) is 10.3 Å². The van der Waals surface area contributed by atoms with E-state index in [0.717, 1.165) is 5.69 Å². The summed E-state index contributed by atoms with van der Waals surface area (Å²) in [4.78, 5) is 29.7. The normalized spacial score (nSPS) is 10.9. The minimum absolute atomic E-state index is 0.0934. The van der Waals surface area contributed by atoms with E-state index >= 15 is 0 Å². The second-order valence-corrected chi connectivity index (χ2v) is 5.32. The smallest absolute Gasteiger partial charge is 0.238 e. The lowest BCUT2D eigenvalue weighted by Crippen LogP contribution is -2.27. The van der Waals surface area contributed by atoms with Crippen molar-refractivity contribution in [1.29, 1.82) is 0 Å². The third kappa shape index (κ3) is 5.48. The minimum Gasteiger partial charge on any atom is -0.325 e. The summed E-state index contributed by atoms with van der Waals surface area (Å²) in [5, 5.41) is 2.78. The number of anilines is 1. The van der Waals surface area contributed by atoms with Gasteiger partial charge in [-0.05, 0) is 62.6 Å². The largest absolute Gasteiger partial charge is 0.325 e. The third-order valence-corrected chi connectivity index (χ3v) is 3.01. The Morgan fingerprint density at radius 1 is 1.13 bits per heavy atom. The molecule has 2 aromatic rings. The summed E-state index contributed by atoms with van der Waals surface area (Å²) in [5.74, 6) is -0.203. The van der Waals surface area contributed by atoms with Gasteiger partial charge in [0, 0.05) is 17.4 Å². The van der Waals surface area contributed by atoms with Gasteiger partial charge in [-0.1, -0.05) is 6.07 Å². The summed E-state index contributed by atoms with van der Waals surface area (Å²) >= 11 is 0. The van der Waals surface area contributed by atoms with Crippen LogP contribution in [0.3, 0.4) is 0 Å². The van der Waals surface area contributed by atoms with Crippen LogP contribution >= 0.6 is 0 Å². The van der Waals surface area contributed by atoms with Crippen LogP contribution in [-0.2, 0) is 4.79 Å². The maximum Gasteiger partial charge on any atom is 0.238 e. The van der Waals surface area contributed by atoms with Crippen LogP contribution in [0.4, 0.5) is 5.69 Å². The first-order chi connectivity index (χ1) is 11.0. The first kappa shape index (κ1) is 16.6. The highest BCUT2D eigenvalue weighted by Gasteiger charge is 2.05. The van der Waals surface area contributed by atoms with Gasteiger partial charge in [0.15, 0.2) is 5.78 Å². The van der Waals surface area contributed by atoms with Crippen LogP contribution in [0.25, 0.3) is 6.08 Å². The molecule has 1 N–H and O–H groups in total. The molecule has 1 aromatic heterocycles. The zero-order valence-corrected chi connectivity index (χ0v) is 13.2. The van der Waals surface area contributed by atoms with Gasteiger partial charge in [-0.15, -0.1) is 0 Å². The molecule has 0 saturated carbocycles. The second kappa shape index (κ2) is 8.00. The molecule has 1 aromatic carbocycles. The molecular formula is C18H19N3O2. The molecule has 0 fully saturated rings. The van der Waals surface area contributed by atoms with E-state index in [1.54, 1.807) is 41.4 Å². The number of aromatic nitrogens is 1. The van der Waals surface area contributed by atoms with Crippen LogP contribution in [0.15, 0.2) is 54.7 Å². The molecule has 0 aliphatic heterocycles. The minimum atomic E-state index is -0.109. The SMILES string of the molecule is CN(C)CC(=O)Nc1ccc(C(=O)/C=C\c2ccccn2)cc1. The number of amides is 1. The average molecular weight is 309 g/mol. The van der Waals surface area contributed by atoms with Crippen LogP contribution in [0, 0.1) is 0 Å². The molecule has 1 amide bonds. The van der Waals surface area contributed by atoms with Crippen molar-refractivity contribution < 1.29 is 9.59 Å². The lowest BCUT2D eigenvalue weighted by atomic mass is 10.1. The van der Waals surface area contributed by atoms with Crippen LogP contribution in [-0.4, -0.2) is 42.2 Å². The molecular weight excluding hydrogens is 290 g/mol. The molecule has 0 atom stereocenters. The summed E-state index contributed by atoms with van der Waals surface area (Å²) in [6.07, 6.45) is 4.84. The van der Waals surface area contributed by atoms with Gasteiger partial charge >= 0.3 is 0 Å². The van der Waals surface area contributed by atoms with E-state index in [1.165, 1.54) is 6.08 Å². The van der Waals surface area contributed by atoms with Gasteiger partial charge in [0.1, 0.15) is 0 Å². The Kier molecular flexibility index (Phi) is 5.77. The molecule has 0 aliphatic rings. The van der Waals surface area contributed by atoms with Crippen molar-refractivity contribution >= 4 is 23.5 Å². The first-order valence-electron chi connectivity index (χ1n) is 7.22. The number of carbonyl (C=O) groups is 2. The molecule has 5 heteroatoms. The van der Waals surface area contributed by atoms with Crippen LogP contribution in [0.5, 0.6) is 0 Å². The highest BCUT2D eigenvalue weighted by Crippen LogP contribution is 2.11. The van der Waals surface area contributed by atoms with Crippen LogP contribution in [0.1, 0.15) is 16.1 Å². The summed E-state index contributed by atoms with van der Waals surface area (Å²) < 4.78 is 0. The molecule has 0 aliphatic carbocycles. The van der Waals surface area contributed by atoms with E-state index in [1.807, 2.05) is 32.3 Å². The highest BCUT2D eigenvalue weighted by atomic mass is 16.2. The molecule has 0 saturated heterocycles. The zero-order chi connectivity index (χ0) is 16.7. The molecule has 5 nitrogen and oxygen atoms in total. The maximum atomic E-state index is 12.1. The second-order valence-electron chi connectivity index (χ2n) is 5.32. The number of hydrogen-bond donors (Lipinski definition) is 1. The predicted octanol–water partition coefficient (Wildman–Crippen LogP) is 2.48. The fraction of sp³-hybridized carbons (Fsp3) is 0.167. The Balaban J connectivity index is 1.97. The Bertz CT molecular complexity index is 692. The number of nitrogens with one attached hydrogen (secondary N) is 1. The topological polar surface area (TPSA) is 62.3 Å². The van der Waals surface area contributed by atoms with Crippen LogP contribution < -0.4 is 5.32 Å². The van der Waals surface area contributed by atoms with Crippen molar-refractivity contribution in [3.05, 3.63) is 66.0 Å². The van der Waals surface area contributed by atoms with Gasteiger partial charge in [-0.2, -0.15) is 0 Å². The van der Waals surface area contributed by atoms with Gasteiger partial charge in [0.25, 0.3) is 0 Å². The molecule has 118 valence electrons. The number of allylic oxidation sites excluding steroid dienone is 1. The first-order valence-corrected chi connectivity index (χ1v) is 7.22. The van der Waals surface area contributed by atoms with Gasteiger partial charge in [0.05, 0.1) is 12.2 Å². The number of nitrogens with zero attached hydrogens (tertiary/aromatic N) is 2. The molecule has 23 heavy (non-hydrogen) atoms. The Morgan fingerprint density at radius 2 is 1.87 bits per heavy atom. The van der Waals surface area contributed by atoms with Crippen molar-refractivity contribution in [3.63, 3.8) is 0 Å². The fourth-order valence-corrected chi connectivity index (χ4v) is 1.94. The number of carbonyl (C=O) groups excluding carboxylic acids is 2. The average Bonchev–Trinajstić information content (AvgIpc) is 2.53. The van der Waals surface area contributed by atoms with Gasteiger partial charge < -0.3 is 10.2 Å². The lowest BCUT2D eigenvalue weighted by molar-refractivity contribution is -0.116. The van der Waals surface area contributed by atoms with Crippen molar-refractivity contribution in [3.8, 4) is 0 Å². The predicted molar refractivity (Wildman–Crippen MR) is 91.2 cm³/mol. The van der Waals surface area contributed by atoms with Crippen molar-refractivity contribution in [2.24, 2.45) is 0 Å². The summed E-state index contributed by atoms with van der Waals surface area (Å²) in [7, 11) is 3.66. The highest BCUT2D eigenvalue weighted by molar-refractivity contribution is 6.07. The lowest BCUT2D eigenvalue weighted by Gasteiger charge is -2.10. The molecule has 0 unspecified atom stereocenters. The summed E-state index contributed by atoms with van der Waals surface area (Å²) in [6, 6.07) is 12.3. The number of pyridine rings is 1. The molecule has 0 spiro atoms. The Labute approximate surface area is 135 Å². The van der Waals surface area contributed by atoms with E-state index in [-0.39, 0.29) is 11.7 Å². The number of benzene rings is 1. The Hall–Kier alpha value is -2.79. The molecule has 0 bridgehead atoms. The van der Waals surface area contributed by atoms with Gasteiger partial charge in [-0.25, -0.2) is 0 Å². The number of likely N-dealkylation sites (N-methyl/N-ethyl adjacent to an activating group) is 1. The van der Waals surface area contributed by atoms with Crippen LogP contribution in [0.2, 0.25) is 0 Å². The number of rotatable bonds is 6. The summed E-state index contributed by atoms with van der Waals surface area (Å²) in [5.41, 5.74) is 1.96. The molecule has 1 heterocycles. The standard InChI is InChI=1S/C18H19N3O2/c1-21(2)13-18(23)20-16-8-6-14(7-9-16)17(22)11-10-15-5-3-4-12-19-15/h3-12H,13H2,1-2H3,(H,20,23)/b11-10-. The molecule has 2 rings (SSSR count). The maximum absolute atomic E-state index is 12.1. The zero-order valence-electron chi connectivity index (χ0n) is 13.2. The Morgan fingerprint density at radius 3 is 2.48 bits per heavy atom. The van der Waals surface area contributed by atoms with E-state index < -0.39 is 0 Å². The quantitative estimate of drug-likeness (QED) is 0.658. The monoisotopic (exact) mass is 309 g/mol.